The first kappa shape index (κ1) is 31.4. The highest BCUT2D eigenvalue weighted by Crippen LogP contribution is 2.52. The van der Waals surface area contributed by atoms with Crippen molar-refractivity contribution in [2.24, 2.45) is 0 Å². The summed E-state index contributed by atoms with van der Waals surface area (Å²) in [7, 11) is -4.83. The standard InChI is InChI=1S/C20H30FN2O14P/c1-5-30-17(26)32-11-35-38(29,36-12-33-18(27)31-6-2)34-10-20(9-21)15(25)19(4,28)16(37-20)23-8-7-14(24)22-13(23)3/h7-8,15-16,25,28H,3,5-6,9-12H2,1-2,4H3,(H,22,24)/t15-,16+,19+,20+/m0/s1. The van der Waals surface area contributed by atoms with E-state index in [2.05, 4.69) is 30.8 Å². The molecule has 0 aromatic carbocycles. The SMILES string of the molecule is C=C1NC(=O)C=CN1[C@@H]1O[C@](CF)(COP(=O)(OCOC(=O)OCC)OCOC(=O)OCC)[C@@H](O)[C@@]1(C)O. The minimum absolute atomic E-state index is 0.0332. The molecular weight excluding hydrogens is 542 g/mol. The molecule has 0 saturated carbocycles. The fourth-order valence-corrected chi connectivity index (χ4v) is 4.24. The summed E-state index contributed by atoms with van der Waals surface area (Å²) in [6, 6.07) is 0. The number of phosphoric acid groups is 1. The Labute approximate surface area is 216 Å². The zero-order chi connectivity index (χ0) is 28.6. The molecule has 0 spiro atoms. The van der Waals surface area contributed by atoms with Gasteiger partial charge in [0, 0.05) is 12.3 Å². The van der Waals surface area contributed by atoms with Crippen molar-refractivity contribution in [3.05, 3.63) is 24.7 Å². The Kier molecular flexibility index (Phi) is 11.0. The average Bonchev–Trinajstić information content (AvgIpc) is 3.04. The van der Waals surface area contributed by atoms with Gasteiger partial charge in [-0.05, 0) is 20.8 Å². The van der Waals surface area contributed by atoms with Crippen molar-refractivity contribution in [3.63, 3.8) is 0 Å². The number of carbonyl (C=O) groups excluding carboxylic acids is 3. The van der Waals surface area contributed by atoms with E-state index in [9.17, 15) is 33.6 Å². The van der Waals surface area contributed by atoms with Gasteiger partial charge in [0.2, 0.25) is 13.6 Å². The van der Waals surface area contributed by atoms with Crippen molar-refractivity contribution in [2.75, 3.05) is 40.1 Å². The first-order valence-corrected chi connectivity index (χ1v) is 12.5. The number of aliphatic hydroxyl groups is 2. The smallest absolute Gasteiger partial charge is 0.435 e. The highest BCUT2D eigenvalue weighted by Gasteiger charge is 2.63. The quantitative estimate of drug-likeness (QED) is 0.160. The van der Waals surface area contributed by atoms with Gasteiger partial charge in [-0.2, -0.15) is 0 Å². The first-order chi connectivity index (χ1) is 17.8. The molecule has 0 bridgehead atoms. The van der Waals surface area contributed by atoms with Crippen LogP contribution in [0.15, 0.2) is 24.7 Å². The van der Waals surface area contributed by atoms with Gasteiger partial charge in [0.05, 0.1) is 19.8 Å². The van der Waals surface area contributed by atoms with Gasteiger partial charge in [0.15, 0.2) is 11.8 Å². The number of amides is 1. The molecule has 3 N–H and O–H groups in total. The molecule has 2 aliphatic heterocycles. The Morgan fingerprint density at radius 2 is 1.71 bits per heavy atom. The highest BCUT2D eigenvalue weighted by atomic mass is 31.2. The topological polar surface area (TPSA) is 198 Å². The molecular formula is C20H30FN2O14P. The fourth-order valence-electron chi connectivity index (χ4n) is 3.27. The van der Waals surface area contributed by atoms with Gasteiger partial charge in [0.1, 0.15) is 24.2 Å². The molecule has 2 rings (SSSR count). The predicted molar refractivity (Wildman–Crippen MR) is 120 cm³/mol. The summed E-state index contributed by atoms with van der Waals surface area (Å²) in [5.41, 5.74) is -4.54. The van der Waals surface area contributed by atoms with E-state index < -0.39 is 76.4 Å². The Morgan fingerprint density at radius 1 is 1.16 bits per heavy atom. The summed E-state index contributed by atoms with van der Waals surface area (Å²) in [5.74, 6) is -0.565. The zero-order valence-electron chi connectivity index (χ0n) is 20.8. The predicted octanol–water partition coefficient (Wildman–Crippen LogP) is 0.999. The van der Waals surface area contributed by atoms with Crippen LogP contribution in [-0.2, 0) is 46.6 Å². The number of carbonyl (C=O) groups is 3. The maximum atomic E-state index is 14.4. The summed E-state index contributed by atoms with van der Waals surface area (Å²) < 4.78 is 66.0. The number of phosphoric ester groups is 1. The molecule has 1 fully saturated rings. The molecule has 1 amide bonds. The van der Waals surface area contributed by atoms with Gasteiger partial charge in [-0.3, -0.25) is 9.32 Å². The molecule has 38 heavy (non-hydrogen) atoms. The number of rotatable bonds is 13. The lowest BCUT2D eigenvalue weighted by Crippen LogP contribution is -2.55. The molecule has 0 aliphatic carbocycles. The third-order valence-corrected chi connectivity index (χ3v) is 6.40. The zero-order valence-corrected chi connectivity index (χ0v) is 21.7. The number of halogens is 1. The van der Waals surface area contributed by atoms with Gasteiger partial charge in [0.25, 0.3) is 5.91 Å². The summed E-state index contributed by atoms with van der Waals surface area (Å²) in [5, 5.41) is 24.1. The van der Waals surface area contributed by atoms with Crippen LogP contribution < -0.4 is 5.32 Å². The van der Waals surface area contributed by atoms with Gasteiger partial charge in [-0.25, -0.2) is 27.6 Å². The number of ether oxygens (including phenoxy) is 5. The maximum absolute atomic E-state index is 14.4. The Bertz CT molecular complexity index is 934. The van der Waals surface area contributed by atoms with E-state index in [0.717, 1.165) is 17.9 Å². The lowest BCUT2D eigenvalue weighted by atomic mass is 9.88. The molecule has 4 atom stereocenters. The Balaban J connectivity index is 2.19. The fraction of sp³-hybridized carbons (Fsp3) is 0.650. The minimum atomic E-state index is -4.83. The second kappa shape index (κ2) is 13.3. The molecule has 16 nitrogen and oxygen atoms in total. The van der Waals surface area contributed by atoms with Crippen molar-refractivity contribution in [1.82, 2.24) is 10.2 Å². The normalized spacial score (nSPS) is 27.2. The van der Waals surface area contributed by atoms with Gasteiger partial charge in [-0.1, -0.05) is 6.58 Å². The number of aliphatic hydroxyl groups excluding tert-OH is 1. The summed E-state index contributed by atoms with van der Waals surface area (Å²) in [6.45, 7) is 3.10. The molecule has 18 heteroatoms. The average molecular weight is 572 g/mol. The molecule has 2 aliphatic rings. The molecule has 0 unspecified atom stereocenters. The second-order valence-electron chi connectivity index (χ2n) is 7.83. The minimum Gasteiger partial charge on any atom is -0.435 e. The van der Waals surface area contributed by atoms with E-state index in [4.69, 9.17) is 18.3 Å². The van der Waals surface area contributed by atoms with Crippen LogP contribution in [0.4, 0.5) is 14.0 Å². The van der Waals surface area contributed by atoms with Crippen molar-refractivity contribution in [3.8, 4) is 0 Å². The van der Waals surface area contributed by atoms with Crippen LogP contribution in [0.2, 0.25) is 0 Å². The van der Waals surface area contributed by atoms with Crippen LogP contribution in [0.1, 0.15) is 20.8 Å². The van der Waals surface area contributed by atoms with Crippen LogP contribution in [0.25, 0.3) is 0 Å². The van der Waals surface area contributed by atoms with Crippen LogP contribution >= 0.6 is 7.82 Å². The summed E-state index contributed by atoms with van der Waals surface area (Å²) >= 11 is 0. The monoisotopic (exact) mass is 572 g/mol. The molecule has 0 aromatic rings. The summed E-state index contributed by atoms with van der Waals surface area (Å²) in [4.78, 5) is 35.4. The van der Waals surface area contributed by atoms with E-state index >= 15 is 0 Å². The molecule has 2 heterocycles. The first-order valence-electron chi connectivity index (χ1n) is 11.1. The lowest BCUT2D eigenvalue weighted by Gasteiger charge is -2.37. The van der Waals surface area contributed by atoms with Crippen LogP contribution in [0, 0.1) is 0 Å². The van der Waals surface area contributed by atoms with E-state index in [0.29, 0.717) is 0 Å². The number of nitrogens with one attached hydrogen (secondary N) is 1. The number of alkyl halides is 1. The van der Waals surface area contributed by atoms with Gasteiger partial charge < -0.3 is 44.1 Å². The number of hydrogen-bond donors (Lipinski definition) is 3. The van der Waals surface area contributed by atoms with Crippen LogP contribution in [0.3, 0.4) is 0 Å². The third kappa shape index (κ3) is 7.63. The largest absolute Gasteiger partial charge is 0.510 e. The van der Waals surface area contributed by atoms with Gasteiger partial charge >= 0.3 is 20.1 Å². The Hall–Kier alpha value is -2.79. The van der Waals surface area contributed by atoms with Gasteiger partial charge in [-0.15, -0.1) is 0 Å². The molecule has 0 aromatic heterocycles. The maximum Gasteiger partial charge on any atom is 0.510 e. The Morgan fingerprint density at radius 3 is 2.18 bits per heavy atom. The molecule has 1 saturated heterocycles. The highest BCUT2D eigenvalue weighted by molar-refractivity contribution is 7.48. The second-order valence-corrected chi connectivity index (χ2v) is 9.49. The van der Waals surface area contributed by atoms with Crippen LogP contribution in [0.5, 0.6) is 0 Å². The van der Waals surface area contributed by atoms with E-state index in [1.54, 1.807) is 0 Å². The molecule has 216 valence electrons. The van der Waals surface area contributed by atoms with Crippen molar-refractivity contribution in [1.29, 1.82) is 0 Å². The van der Waals surface area contributed by atoms with Crippen molar-refractivity contribution < 1.29 is 70.8 Å². The van der Waals surface area contributed by atoms with E-state index in [1.807, 2.05) is 0 Å². The molecule has 0 radical (unpaired) electrons. The van der Waals surface area contributed by atoms with E-state index in [1.165, 1.54) is 20.0 Å². The lowest BCUT2D eigenvalue weighted by molar-refractivity contribution is -0.149. The van der Waals surface area contributed by atoms with Crippen molar-refractivity contribution in [2.45, 2.75) is 44.3 Å². The number of nitrogens with zero attached hydrogens (tertiary/aromatic N) is 1. The van der Waals surface area contributed by atoms with Crippen molar-refractivity contribution >= 4 is 26.0 Å². The van der Waals surface area contributed by atoms with Crippen LogP contribution in [-0.4, -0.2) is 96.9 Å². The number of hydrogen-bond acceptors (Lipinski definition) is 15. The third-order valence-electron chi connectivity index (χ3n) is 5.11. The van der Waals surface area contributed by atoms with E-state index in [-0.39, 0.29) is 19.0 Å². The summed E-state index contributed by atoms with van der Waals surface area (Å²) in [6.07, 6.45) is -3.59.